The Labute approximate surface area is 154 Å². The second-order valence-corrected chi connectivity index (χ2v) is 8.35. The molecule has 0 saturated carbocycles. The van der Waals surface area contributed by atoms with Gasteiger partial charge in [-0.05, 0) is 19.1 Å². The molecule has 0 aromatic heterocycles. The van der Waals surface area contributed by atoms with Crippen LogP contribution in [0.1, 0.15) is 12.5 Å². The molecule has 2 amide bonds. The Bertz CT molecular complexity index is 797. The highest BCUT2D eigenvalue weighted by atomic mass is 32.2. The van der Waals surface area contributed by atoms with Crippen molar-refractivity contribution in [1.82, 2.24) is 10.2 Å². The smallest absolute Gasteiger partial charge is 0.419 e. The maximum atomic E-state index is 12.9. The van der Waals surface area contributed by atoms with Gasteiger partial charge in [0.05, 0.1) is 17.1 Å². The number of rotatable bonds is 5. The SMILES string of the molecule is CC(NC(=O)COc1ccccc1C(F)(F)F)C(=O)N1CCS(=O)(=O)CC1. The summed E-state index contributed by atoms with van der Waals surface area (Å²) in [5.74, 6) is -2.00. The first-order valence-electron chi connectivity index (χ1n) is 8.07. The molecule has 0 aliphatic carbocycles. The van der Waals surface area contributed by atoms with Crippen LogP contribution in [0.4, 0.5) is 13.2 Å². The van der Waals surface area contributed by atoms with E-state index in [0.717, 1.165) is 12.1 Å². The van der Waals surface area contributed by atoms with Crippen molar-refractivity contribution in [2.24, 2.45) is 0 Å². The number of hydrogen-bond acceptors (Lipinski definition) is 5. The van der Waals surface area contributed by atoms with Crippen molar-refractivity contribution < 1.29 is 35.9 Å². The summed E-state index contributed by atoms with van der Waals surface area (Å²) in [6.45, 7) is 0.791. The number of alkyl halides is 3. The zero-order valence-electron chi connectivity index (χ0n) is 14.5. The number of para-hydroxylation sites is 1. The summed E-state index contributed by atoms with van der Waals surface area (Å²) in [6, 6.07) is 3.52. The van der Waals surface area contributed by atoms with Gasteiger partial charge in [-0.15, -0.1) is 0 Å². The van der Waals surface area contributed by atoms with Crippen LogP contribution in [0.5, 0.6) is 5.75 Å². The molecule has 1 saturated heterocycles. The summed E-state index contributed by atoms with van der Waals surface area (Å²) in [7, 11) is -3.15. The Kier molecular flexibility index (Phi) is 6.34. The number of nitrogens with one attached hydrogen (secondary N) is 1. The van der Waals surface area contributed by atoms with Crippen molar-refractivity contribution in [3.8, 4) is 5.75 Å². The minimum absolute atomic E-state index is 0.0385. The molecule has 1 heterocycles. The molecule has 11 heteroatoms. The molecule has 1 fully saturated rings. The average molecular weight is 408 g/mol. The summed E-state index contributed by atoms with van der Waals surface area (Å²) >= 11 is 0. The fourth-order valence-electron chi connectivity index (χ4n) is 2.52. The number of amides is 2. The van der Waals surface area contributed by atoms with Crippen molar-refractivity contribution >= 4 is 21.7 Å². The molecule has 0 spiro atoms. The van der Waals surface area contributed by atoms with E-state index in [2.05, 4.69) is 5.32 Å². The van der Waals surface area contributed by atoms with Crippen molar-refractivity contribution in [2.45, 2.75) is 19.1 Å². The standard InChI is InChI=1S/C16H19F3N2O5S/c1-11(15(23)21-6-8-27(24,25)9-7-21)20-14(22)10-26-13-5-3-2-4-12(13)16(17,18)19/h2-5,11H,6-10H2,1H3,(H,20,22). The lowest BCUT2D eigenvalue weighted by atomic mass is 10.2. The number of sulfone groups is 1. The van der Waals surface area contributed by atoms with Crippen LogP contribution >= 0.6 is 0 Å². The maximum absolute atomic E-state index is 12.9. The van der Waals surface area contributed by atoms with Crippen LogP contribution in [0.15, 0.2) is 24.3 Å². The number of ether oxygens (including phenoxy) is 1. The lowest BCUT2D eigenvalue weighted by Crippen LogP contribution is -2.52. The van der Waals surface area contributed by atoms with Gasteiger partial charge in [-0.2, -0.15) is 13.2 Å². The maximum Gasteiger partial charge on any atom is 0.419 e. The van der Waals surface area contributed by atoms with Gasteiger partial charge in [0, 0.05) is 13.1 Å². The molecule has 1 aliphatic heterocycles. The van der Waals surface area contributed by atoms with Gasteiger partial charge in [0.25, 0.3) is 5.91 Å². The molecule has 1 aliphatic rings. The van der Waals surface area contributed by atoms with Crippen molar-refractivity contribution in [2.75, 3.05) is 31.2 Å². The number of carbonyl (C=O) groups excluding carboxylic acids is 2. The van der Waals surface area contributed by atoms with Gasteiger partial charge in [-0.25, -0.2) is 8.42 Å². The number of benzene rings is 1. The molecule has 1 unspecified atom stereocenters. The predicted molar refractivity (Wildman–Crippen MR) is 89.8 cm³/mol. The van der Waals surface area contributed by atoms with Crippen LogP contribution in [0.25, 0.3) is 0 Å². The van der Waals surface area contributed by atoms with Gasteiger partial charge in [0.2, 0.25) is 5.91 Å². The molecule has 1 aromatic carbocycles. The highest BCUT2D eigenvalue weighted by Gasteiger charge is 2.34. The minimum Gasteiger partial charge on any atom is -0.483 e. The zero-order valence-corrected chi connectivity index (χ0v) is 15.3. The highest BCUT2D eigenvalue weighted by molar-refractivity contribution is 7.91. The fraction of sp³-hybridized carbons (Fsp3) is 0.500. The van der Waals surface area contributed by atoms with E-state index in [1.165, 1.54) is 24.0 Å². The molecule has 150 valence electrons. The molecule has 1 aromatic rings. The number of carbonyl (C=O) groups is 2. The summed E-state index contributed by atoms with van der Waals surface area (Å²) in [6.07, 6.45) is -4.62. The molecule has 0 radical (unpaired) electrons. The van der Waals surface area contributed by atoms with Gasteiger partial charge in [-0.3, -0.25) is 9.59 Å². The van der Waals surface area contributed by atoms with E-state index in [4.69, 9.17) is 4.74 Å². The quantitative estimate of drug-likeness (QED) is 0.780. The molecule has 0 bridgehead atoms. The van der Waals surface area contributed by atoms with Crippen LogP contribution in [0.3, 0.4) is 0 Å². The van der Waals surface area contributed by atoms with Crippen molar-refractivity contribution in [3.05, 3.63) is 29.8 Å². The fourth-order valence-corrected chi connectivity index (χ4v) is 3.72. The Hall–Kier alpha value is -2.30. The Balaban J connectivity index is 1.88. The van der Waals surface area contributed by atoms with E-state index in [0.29, 0.717) is 0 Å². The Morgan fingerprint density at radius 1 is 1.22 bits per heavy atom. The molecule has 1 N–H and O–H groups in total. The van der Waals surface area contributed by atoms with E-state index >= 15 is 0 Å². The first-order chi connectivity index (χ1) is 12.5. The van der Waals surface area contributed by atoms with E-state index in [9.17, 15) is 31.2 Å². The molecular formula is C16H19F3N2O5S. The van der Waals surface area contributed by atoms with E-state index < -0.39 is 51.8 Å². The van der Waals surface area contributed by atoms with Gasteiger partial charge in [-0.1, -0.05) is 12.1 Å². The molecule has 2 rings (SSSR count). The summed E-state index contributed by atoms with van der Waals surface area (Å²) in [4.78, 5) is 25.5. The van der Waals surface area contributed by atoms with Crippen LogP contribution in [0, 0.1) is 0 Å². The normalized spacial score (nSPS) is 17.9. The number of hydrogen-bond donors (Lipinski definition) is 1. The van der Waals surface area contributed by atoms with E-state index in [1.54, 1.807) is 0 Å². The Morgan fingerprint density at radius 2 is 1.81 bits per heavy atom. The molecular weight excluding hydrogens is 389 g/mol. The van der Waals surface area contributed by atoms with Crippen molar-refractivity contribution in [1.29, 1.82) is 0 Å². The van der Waals surface area contributed by atoms with Crippen LogP contribution < -0.4 is 10.1 Å². The number of nitrogens with zero attached hydrogens (tertiary/aromatic N) is 1. The monoisotopic (exact) mass is 408 g/mol. The highest BCUT2D eigenvalue weighted by Crippen LogP contribution is 2.35. The second kappa shape index (κ2) is 8.15. The van der Waals surface area contributed by atoms with Crippen LogP contribution in [0.2, 0.25) is 0 Å². The first kappa shape index (κ1) is 21.0. The van der Waals surface area contributed by atoms with Gasteiger partial charge >= 0.3 is 6.18 Å². The third-order valence-corrected chi connectivity index (χ3v) is 5.56. The topological polar surface area (TPSA) is 92.8 Å². The summed E-state index contributed by atoms with van der Waals surface area (Å²) in [5.41, 5.74) is -1.00. The lowest BCUT2D eigenvalue weighted by Gasteiger charge is -2.29. The van der Waals surface area contributed by atoms with Crippen LogP contribution in [-0.2, 0) is 25.6 Å². The van der Waals surface area contributed by atoms with Gasteiger partial charge < -0.3 is 15.0 Å². The van der Waals surface area contributed by atoms with Crippen LogP contribution in [-0.4, -0.2) is 62.4 Å². The largest absolute Gasteiger partial charge is 0.483 e. The summed E-state index contributed by atoms with van der Waals surface area (Å²) in [5, 5.41) is 2.34. The molecule has 27 heavy (non-hydrogen) atoms. The van der Waals surface area contributed by atoms with Crippen molar-refractivity contribution in [3.63, 3.8) is 0 Å². The predicted octanol–water partition coefficient (Wildman–Crippen LogP) is 0.846. The Morgan fingerprint density at radius 3 is 2.41 bits per heavy atom. The third kappa shape index (κ3) is 5.84. The first-order valence-corrected chi connectivity index (χ1v) is 9.89. The minimum atomic E-state index is -4.62. The zero-order chi connectivity index (χ0) is 20.2. The van der Waals surface area contributed by atoms with E-state index in [-0.39, 0.29) is 24.6 Å². The third-order valence-electron chi connectivity index (χ3n) is 3.96. The summed E-state index contributed by atoms with van der Waals surface area (Å²) < 4.78 is 66.3. The number of halogens is 3. The average Bonchev–Trinajstić information content (AvgIpc) is 2.58. The van der Waals surface area contributed by atoms with Gasteiger partial charge in [0.15, 0.2) is 16.4 Å². The lowest BCUT2D eigenvalue weighted by molar-refractivity contribution is -0.140. The molecule has 1 atom stereocenters. The van der Waals surface area contributed by atoms with E-state index in [1.807, 2.05) is 0 Å². The van der Waals surface area contributed by atoms with Gasteiger partial charge in [0.1, 0.15) is 11.8 Å². The second-order valence-electron chi connectivity index (χ2n) is 6.05. The molecule has 7 nitrogen and oxygen atoms in total.